The molecule has 16 heavy (non-hydrogen) atoms. The molecule has 0 aliphatic heterocycles. The predicted molar refractivity (Wildman–Crippen MR) is 75.0 cm³/mol. The van der Waals surface area contributed by atoms with Crippen molar-refractivity contribution in [2.45, 2.75) is 78.1 Å². The van der Waals surface area contributed by atoms with Crippen molar-refractivity contribution >= 4 is 17.7 Å². The van der Waals surface area contributed by atoms with Crippen molar-refractivity contribution in [1.29, 1.82) is 0 Å². The molecule has 0 N–H and O–H groups in total. The molecule has 96 valence electrons. The van der Waals surface area contributed by atoms with Crippen LogP contribution < -0.4 is 0 Å². The summed E-state index contributed by atoms with van der Waals surface area (Å²) in [6, 6.07) is 0. The van der Waals surface area contributed by atoms with E-state index in [9.17, 15) is 4.79 Å². The third-order valence-electron chi connectivity index (χ3n) is 3.07. The Morgan fingerprint density at radius 3 is 2.00 bits per heavy atom. The average molecular weight is 244 g/mol. The van der Waals surface area contributed by atoms with Gasteiger partial charge in [0.15, 0.2) is 5.12 Å². The van der Waals surface area contributed by atoms with Crippen molar-refractivity contribution in [2.24, 2.45) is 5.92 Å². The summed E-state index contributed by atoms with van der Waals surface area (Å²) in [5, 5.41) is 0.0343. The van der Waals surface area contributed by atoms with Gasteiger partial charge in [-0.15, -0.1) is 12.6 Å². The van der Waals surface area contributed by atoms with Gasteiger partial charge in [0.2, 0.25) is 0 Å². The Bertz CT molecular complexity index is 168. The Hall–Kier alpha value is 0.0200. The van der Waals surface area contributed by atoms with Gasteiger partial charge in [-0.25, -0.2) is 0 Å². The molecule has 0 aromatic heterocycles. The molecule has 1 unspecified atom stereocenters. The minimum Gasteiger partial charge on any atom is -0.287 e. The second-order valence-corrected chi connectivity index (χ2v) is 5.47. The van der Waals surface area contributed by atoms with E-state index in [4.69, 9.17) is 0 Å². The largest absolute Gasteiger partial charge is 0.287 e. The fraction of sp³-hybridized carbons (Fsp3) is 0.929. The van der Waals surface area contributed by atoms with Crippen molar-refractivity contribution in [3.8, 4) is 0 Å². The highest BCUT2D eigenvalue weighted by molar-refractivity contribution is 7.96. The molecule has 0 aliphatic rings. The molecule has 0 heterocycles. The molecule has 0 saturated heterocycles. The van der Waals surface area contributed by atoms with Crippen LogP contribution in [0.4, 0.5) is 0 Å². The SMILES string of the molecule is CCCCCCCCCCC(C)CC(=O)S. The normalized spacial score (nSPS) is 12.7. The number of hydrogen-bond donors (Lipinski definition) is 1. The van der Waals surface area contributed by atoms with Gasteiger partial charge in [0.05, 0.1) is 0 Å². The fourth-order valence-corrected chi connectivity index (χ4v) is 2.34. The molecule has 1 nitrogen and oxygen atoms in total. The van der Waals surface area contributed by atoms with Crippen LogP contribution in [0.15, 0.2) is 0 Å². The van der Waals surface area contributed by atoms with Crippen molar-refractivity contribution in [3.05, 3.63) is 0 Å². The summed E-state index contributed by atoms with van der Waals surface area (Å²) in [7, 11) is 0. The van der Waals surface area contributed by atoms with Crippen molar-refractivity contribution in [2.75, 3.05) is 0 Å². The molecule has 0 fully saturated rings. The second-order valence-electron chi connectivity index (χ2n) is 4.97. The minimum absolute atomic E-state index is 0.0343. The van der Waals surface area contributed by atoms with Crippen LogP contribution in [0.1, 0.15) is 78.1 Å². The third-order valence-corrected chi connectivity index (χ3v) is 3.26. The van der Waals surface area contributed by atoms with Gasteiger partial charge < -0.3 is 0 Å². The molecule has 0 amide bonds. The Labute approximate surface area is 107 Å². The van der Waals surface area contributed by atoms with Gasteiger partial charge in [0.1, 0.15) is 0 Å². The van der Waals surface area contributed by atoms with E-state index in [0.29, 0.717) is 12.3 Å². The quantitative estimate of drug-likeness (QED) is 0.400. The van der Waals surface area contributed by atoms with Crippen LogP contribution in [0.2, 0.25) is 0 Å². The summed E-state index contributed by atoms with van der Waals surface area (Å²) in [6.45, 7) is 4.40. The van der Waals surface area contributed by atoms with E-state index in [1.165, 1.54) is 57.8 Å². The first kappa shape index (κ1) is 16.0. The molecule has 0 aromatic carbocycles. The predicted octanol–water partition coefficient (Wildman–Crippen LogP) is 5.00. The number of carbonyl (C=O) groups is 1. The van der Waals surface area contributed by atoms with E-state index in [-0.39, 0.29) is 5.12 Å². The summed E-state index contributed by atoms with van der Waals surface area (Å²) >= 11 is 3.81. The van der Waals surface area contributed by atoms with Crippen molar-refractivity contribution in [3.63, 3.8) is 0 Å². The molecule has 2 heteroatoms. The molecule has 1 atom stereocenters. The van der Waals surface area contributed by atoms with Crippen LogP contribution in [0.5, 0.6) is 0 Å². The van der Waals surface area contributed by atoms with Crippen LogP contribution in [-0.2, 0) is 4.79 Å². The minimum atomic E-state index is 0.0343. The zero-order chi connectivity index (χ0) is 12.2. The summed E-state index contributed by atoms with van der Waals surface area (Å²) in [6.07, 6.45) is 12.7. The van der Waals surface area contributed by atoms with E-state index >= 15 is 0 Å². The van der Waals surface area contributed by atoms with Gasteiger partial charge in [-0.3, -0.25) is 4.79 Å². The first-order valence-corrected chi connectivity index (χ1v) is 7.33. The van der Waals surface area contributed by atoms with Crippen LogP contribution in [-0.4, -0.2) is 5.12 Å². The first-order chi connectivity index (χ1) is 7.66. The Kier molecular flexibility index (Phi) is 11.5. The molecule has 0 radical (unpaired) electrons. The Morgan fingerprint density at radius 1 is 1.00 bits per heavy atom. The molecule has 0 rings (SSSR count). The lowest BCUT2D eigenvalue weighted by Gasteiger charge is -2.08. The monoisotopic (exact) mass is 244 g/mol. The molecule has 0 aromatic rings. The topological polar surface area (TPSA) is 17.1 Å². The van der Waals surface area contributed by atoms with Gasteiger partial charge in [0.25, 0.3) is 0 Å². The average Bonchev–Trinajstić information content (AvgIpc) is 2.21. The van der Waals surface area contributed by atoms with Crippen LogP contribution in [0.25, 0.3) is 0 Å². The van der Waals surface area contributed by atoms with Gasteiger partial charge in [-0.2, -0.15) is 0 Å². The zero-order valence-corrected chi connectivity index (χ0v) is 11.9. The smallest absolute Gasteiger partial charge is 0.186 e. The lowest BCUT2D eigenvalue weighted by Crippen LogP contribution is -1.99. The standard InChI is InChI=1S/C14H28OS/c1-3-4-5-6-7-8-9-10-11-13(2)12-14(15)16/h13H,3-12H2,1-2H3,(H,15,16). The van der Waals surface area contributed by atoms with Crippen LogP contribution in [0, 0.1) is 5.92 Å². The van der Waals surface area contributed by atoms with Gasteiger partial charge >= 0.3 is 0 Å². The second kappa shape index (κ2) is 11.5. The number of unbranched alkanes of at least 4 members (excludes halogenated alkanes) is 7. The molecule has 0 bridgehead atoms. The Balaban J connectivity index is 3.11. The molecular formula is C14H28OS. The van der Waals surface area contributed by atoms with Gasteiger partial charge in [0, 0.05) is 6.42 Å². The number of thiol groups is 1. The molecule has 0 saturated carbocycles. The summed E-state index contributed by atoms with van der Waals surface area (Å²) in [5.41, 5.74) is 0. The third kappa shape index (κ3) is 12.1. The van der Waals surface area contributed by atoms with E-state index in [1.807, 2.05) is 0 Å². The lowest BCUT2D eigenvalue weighted by molar-refractivity contribution is -0.111. The fourth-order valence-electron chi connectivity index (χ4n) is 2.03. The van der Waals surface area contributed by atoms with Gasteiger partial charge in [-0.1, -0.05) is 71.6 Å². The maximum Gasteiger partial charge on any atom is 0.186 e. The maximum absolute atomic E-state index is 10.8. The molecule has 0 aliphatic carbocycles. The van der Waals surface area contributed by atoms with E-state index in [2.05, 4.69) is 26.5 Å². The number of rotatable bonds is 11. The summed E-state index contributed by atoms with van der Waals surface area (Å²) in [5.74, 6) is 0.519. The summed E-state index contributed by atoms with van der Waals surface area (Å²) < 4.78 is 0. The van der Waals surface area contributed by atoms with E-state index in [1.54, 1.807) is 0 Å². The maximum atomic E-state index is 10.8. The Morgan fingerprint density at radius 2 is 1.50 bits per heavy atom. The zero-order valence-electron chi connectivity index (χ0n) is 11.0. The molecule has 0 spiro atoms. The molecular weight excluding hydrogens is 216 g/mol. The number of hydrogen-bond acceptors (Lipinski definition) is 1. The highest BCUT2D eigenvalue weighted by Gasteiger charge is 2.05. The van der Waals surface area contributed by atoms with E-state index < -0.39 is 0 Å². The van der Waals surface area contributed by atoms with Gasteiger partial charge in [-0.05, 0) is 5.92 Å². The van der Waals surface area contributed by atoms with Crippen LogP contribution in [0.3, 0.4) is 0 Å². The highest BCUT2D eigenvalue weighted by Crippen LogP contribution is 2.15. The first-order valence-electron chi connectivity index (χ1n) is 6.88. The highest BCUT2D eigenvalue weighted by atomic mass is 32.1. The van der Waals surface area contributed by atoms with E-state index in [0.717, 1.165) is 0 Å². The van der Waals surface area contributed by atoms with Crippen molar-refractivity contribution < 1.29 is 4.79 Å². The van der Waals surface area contributed by atoms with Crippen LogP contribution >= 0.6 is 12.6 Å². The summed E-state index contributed by atoms with van der Waals surface area (Å²) in [4.78, 5) is 10.8. The number of carbonyl (C=O) groups excluding carboxylic acids is 1. The lowest BCUT2D eigenvalue weighted by atomic mass is 9.99. The van der Waals surface area contributed by atoms with Crippen molar-refractivity contribution in [1.82, 2.24) is 0 Å².